The zero-order valence-electron chi connectivity index (χ0n) is 12.3. The third kappa shape index (κ3) is 4.16. The maximum absolute atomic E-state index is 13.8. The van der Waals surface area contributed by atoms with Crippen molar-refractivity contribution in [2.75, 3.05) is 0 Å². The molecule has 0 aliphatic heterocycles. The van der Waals surface area contributed by atoms with Gasteiger partial charge in [0, 0.05) is 24.3 Å². The van der Waals surface area contributed by atoms with Crippen molar-refractivity contribution in [2.45, 2.75) is 33.4 Å². The van der Waals surface area contributed by atoms with Gasteiger partial charge in [-0.1, -0.05) is 37.6 Å². The topological polar surface area (TPSA) is 34.1 Å². The first-order valence-corrected chi connectivity index (χ1v) is 7.17. The van der Waals surface area contributed by atoms with Gasteiger partial charge in [-0.15, -0.1) is 0 Å². The van der Waals surface area contributed by atoms with Crippen LogP contribution < -0.4 is 10.1 Å². The predicted octanol–water partition coefficient (Wildman–Crippen LogP) is 4.47. The third-order valence-electron chi connectivity index (χ3n) is 3.00. The van der Waals surface area contributed by atoms with Crippen molar-refractivity contribution in [2.24, 2.45) is 0 Å². The van der Waals surface area contributed by atoms with E-state index in [0.717, 1.165) is 17.8 Å². The van der Waals surface area contributed by atoms with E-state index >= 15 is 0 Å². The first-order valence-electron chi connectivity index (χ1n) is 6.79. The molecule has 2 aromatic rings. The number of ether oxygens (including phenoxy) is 1. The quantitative estimate of drug-likeness (QED) is 0.884. The van der Waals surface area contributed by atoms with Gasteiger partial charge in [0.25, 0.3) is 0 Å². The molecule has 0 atom stereocenters. The molecule has 5 heteroatoms. The molecule has 3 nitrogen and oxygen atoms in total. The van der Waals surface area contributed by atoms with Crippen LogP contribution in [-0.2, 0) is 6.54 Å². The van der Waals surface area contributed by atoms with Crippen LogP contribution in [0.2, 0.25) is 5.02 Å². The Labute approximate surface area is 129 Å². The minimum atomic E-state index is -0.579. The lowest BCUT2D eigenvalue weighted by molar-refractivity contribution is 0.426. The minimum absolute atomic E-state index is 0.0296. The number of aryl methyl sites for hydroxylation is 1. The number of benzene rings is 1. The standard InChI is InChI=1S/C16H18ClFN2O/c1-10(2)19-9-12-7-8-15(20-11(12)3)21-14-6-4-5-13(17)16(14)18/h4-8,10,19H,9H2,1-3H3. The van der Waals surface area contributed by atoms with Gasteiger partial charge in [0.15, 0.2) is 11.6 Å². The Balaban J connectivity index is 2.15. The SMILES string of the molecule is Cc1nc(Oc2cccc(Cl)c2F)ccc1CNC(C)C. The Morgan fingerprint density at radius 1 is 1.29 bits per heavy atom. The van der Waals surface area contributed by atoms with Crippen LogP contribution in [0.4, 0.5) is 4.39 Å². The lowest BCUT2D eigenvalue weighted by atomic mass is 10.2. The maximum atomic E-state index is 13.8. The molecule has 0 saturated carbocycles. The molecule has 1 aromatic carbocycles. The number of halogens is 2. The van der Waals surface area contributed by atoms with Crippen molar-refractivity contribution in [3.8, 4) is 11.6 Å². The number of nitrogens with zero attached hydrogens (tertiary/aromatic N) is 1. The largest absolute Gasteiger partial charge is 0.436 e. The van der Waals surface area contributed by atoms with E-state index in [4.69, 9.17) is 16.3 Å². The fourth-order valence-corrected chi connectivity index (χ4v) is 1.97. The Bertz CT molecular complexity index is 632. The number of hydrogen-bond donors (Lipinski definition) is 1. The van der Waals surface area contributed by atoms with Gasteiger partial charge < -0.3 is 10.1 Å². The average molecular weight is 309 g/mol. The Morgan fingerprint density at radius 3 is 2.71 bits per heavy atom. The minimum Gasteiger partial charge on any atom is -0.436 e. The Hall–Kier alpha value is -1.65. The summed E-state index contributed by atoms with van der Waals surface area (Å²) >= 11 is 5.72. The van der Waals surface area contributed by atoms with Crippen LogP contribution in [0.25, 0.3) is 0 Å². The number of hydrogen-bond acceptors (Lipinski definition) is 3. The monoisotopic (exact) mass is 308 g/mol. The van der Waals surface area contributed by atoms with Crippen molar-refractivity contribution < 1.29 is 9.13 Å². The molecule has 0 spiro atoms. The smallest absolute Gasteiger partial charge is 0.219 e. The van der Waals surface area contributed by atoms with Gasteiger partial charge in [0.2, 0.25) is 5.88 Å². The highest BCUT2D eigenvalue weighted by Gasteiger charge is 2.10. The molecule has 0 radical (unpaired) electrons. The van der Waals surface area contributed by atoms with E-state index in [1.54, 1.807) is 12.1 Å². The first kappa shape index (κ1) is 15.7. The summed E-state index contributed by atoms with van der Waals surface area (Å²) in [5, 5.41) is 3.36. The molecule has 0 unspecified atom stereocenters. The Morgan fingerprint density at radius 2 is 2.05 bits per heavy atom. The lowest BCUT2D eigenvalue weighted by Crippen LogP contribution is -2.22. The molecule has 0 aliphatic carbocycles. The summed E-state index contributed by atoms with van der Waals surface area (Å²) in [6.07, 6.45) is 0. The summed E-state index contributed by atoms with van der Waals surface area (Å²) in [7, 11) is 0. The Kier molecular flexibility index (Phi) is 5.15. The van der Waals surface area contributed by atoms with Crippen LogP contribution in [0.1, 0.15) is 25.1 Å². The molecule has 0 fully saturated rings. The van der Waals surface area contributed by atoms with E-state index in [1.807, 2.05) is 13.0 Å². The second-order valence-electron chi connectivity index (χ2n) is 5.08. The molecule has 0 bridgehead atoms. The van der Waals surface area contributed by atoms with Crippen LogP contribution in [0.15, 0.2) is 30.3 Å². The van der Waals surface area contributed by atoms with Crippen molar-refractivity contribution in [1.82, 2.24) is 10.3 Å². The van der Waals surface area contributed by atoms with E-state index < -0.39 is 5.82 Å². The van der Waals surface area contributed by atoms with Gasteiger partial charge in [-0.05, 0) is 24.6 Å². The molecule has 1 N–H and O–H groups in total. The van der Waals surface area contributed by atoms with E-state index in [-0.39, 0.29) is 10.8 Å². The molecule has 1 aromatic heterocycles. The van der Waals surface area contributed by atoms with Crippen LogP contribution in [0.3, 0.4) is 0 Å². The van der Waals surface area contributed by atoms with Gasteiger partial charge in [-0.2, -0.15) is 0 Å². The van der Waals surface area contributed by atoms with Gasteiger partial charge in [0.1, 0.15) is 0 Å². The van der Waals surface area contributed by atoms with Crippen molar-refractivity contribution >= 4 is 11.6 Å². The normalized spacial score (nSPS) is 11.0. The maximum Gasteiger partial charge on any atom is 0.219 e. The third-order valence-corrected chi connectivity index (χ3v) is 3.29. The fraction of sp³-hybridized carbons (Fsp3) is 0.312. The highest BCUT2D eigenvalue weighted by atomic mass is 35.5. The summed E-state index contributed by atoms with van der Waals surface area (Å²) in [5.41, 5.74) is 1.94. The molecule has 0 aliphatic rings. The summed E-state index contributed by atoms with van der Waals surface area (Å²) in [5.74, 6) is -0.159. The summed E-state index contributed by atoms with van der Waals surface area (Å²) < 4.78 is 19.2. The van der Waals surface area contributed by atoms with E-state index in [2.05, 4.69) is 24.1 Å². The second-order valence-corrected chi connectivity index (χ2v) is 5.49. The van der Waals surface area contributed by atoms with Crippen LogP contribution in [-0.4, -0.2) is 11.0 Å². The number of rotatable bonds is 5. The van der Waals surface area contributed by atoms with Crippen molar-refractivity contribution in [3.63, 3.8) is 0 Å². The molecule has 112 valence electrons. The number of nitrogens with one attached hydrogen (secondary N) is 1. The highest BCUT2D eigenvalue weighted by Crippen LogP contribution is 2.28. The average Bonchev–Trinajstić information content (AvgIpc) is 2.43. The molecule has 0 amide bonds. The van der Waals surface area contributed by atoms with Crippen LogP contribution in [0, 0.1) is 12.7 Å². The van der Waals surface area contributed by atoms with Gasteiger partial charge in [0.05, 0.1) is 5.02 Å². The molecular formula is C16H18ClFN2O. The van der Waals surface area contributed by atoms with Crippen LogP contribution in [0.5, 0.6) is 11.6 Å². The number of aromatic nitrogens is 1. The lowest BCUT2D eigenvalue weighted by Gasteiger charge is -2.12. The first-order chi connectivity index (χ1) is 9.97. The molecule has 1 heterocycles. The van der Waals surface area contributed by atoms with E-state index in [9.17, 15) is 4.39 Å². The van der Waals surface area contributed by atoms with Crippen molar-refractivity contribution in [1.29, 1.82) is 0 Å². The summed E-state index contributed by atoms with van der Waals surface area (Å²) in [6.45, 7) is 6.81. The second kappa shape index (κ2) is 6.87. The predicted molar refractivity (Wildman–Crippen MR) is 82.4 cm³/mol. The zero-order valence-corrected chi connectivity index (χ0v) is 13.0. The molecule has 21 heavy (non-hydrogen) atoms. The van der Waals surface area contributed by atoms with Gasteiger partial charge >= 0.3 is 0 Å². The summed E-state index contributed by atoms with van der Waals surface area (Å²) in [4.78, 5) is 4.35. The fourth-order valence-electron chi connectivity index (χ4n) is 1.80. The molecule has 0 saturated heterocycles. The summed E-state index contributed by atoms with van der Waals surface area (Å²) in [6, 6.07) is 8.69. The highest BCUT2D eigenvalue weighted by molar-refractivity contribution is 6.30. The van der Waals surface area contributed by atoms with E-state index in [0.29, 0.717) is 11.9 Å². The van der Waals surface area contributed by atoms with E-state index in [1.165, 1.54) is 12.1 Å². The van der Waals surface area contributed by atoms with Gasteiger partial charge in [-0.25, -0.2) is 9.37 Å². The molecule has 2 rings (SSSR count). The molecular weight excluding hydrogens is 291 g/mol. The zero-order chi connectivity index (χ0) is 15.4. The number of pyridine rings is 1. The van der Waals surface area contributed by atoms with Crippen LogP contribution >= 0.6 is 11.6 Å². The van der Waals surface area contributed by atoms with Crippen molar-refractivity contribution in [3.05, 3.63) is 52.4 Å². The van der Waals surface area contributed by atoms with Gasteiger partial charge in [-0.3, -0.25) is 0 Å².